The van der Waals surface area contributed by atoms with E-state index in [1.54, 1.807) is 14.2 Å². The van der Waals surface area contributed by atoms with Gasteiger partial charge in [-0.1, -0.05) is 24.3 Å². The quantitative estimate of drug-likeness (QED) is 0.761. The van der Waals surface area contributed by atoms with Gasteiger partial charge in [0.05, 0.1) is 27.4 Å². The lowest BCUT2D eigenvalue weighted by molar-refractivity contribution is -0.331. The summed E-state index contributed by atoms with van der Waals surface area (Å²) in [4.78, 5) is 0. The van der Waals surface area contributed by atoms with E-state index in [9.17, 15) is 10.2 Å². The Bertz CT molecular complexity index is 739. The first-order valence-electron chi connectivity index (χ1n) is 9.77. The van der Waals surface area contributed by atoms with Gasteiger partial charge in [-0.15, -0.1) is 0 Å². The van der Waals surface area contributed by atoms with Crippen LogP contribution in [0.2, 0.25) is 0 Å². The zero-order valence-electron chi connectivity index (χ0n) is 16.8. The molecule has 2 aromatic carbocycles. The summed E-state index contributed by atoms with van der Waals surface area (Å²) in [6.07, 6.45) is -4.86. The summed E-state index contributed by atoms with van der Waals surface area (Å²) in [5.41, 5.74) is 1.56. The van der Waals surface area contributed by atoms with Gasteiger partial charge in [-0.2, -0.15) is 0 Å². The Morgan fingerprint density at radius 3 is 1.37 bits per heavy atom. The van der Waals surface area contributed by atoms with Crippen LogP contribution in [0.4, 0.5) is 0 Å². The molecule has 2 heterocycles. The van der Waals surface area contributed by atoms with Crippen molar-refractivity contribution in [3.05, 3.63) is 59.7 Å². The van der Waals surface area contributed by atoms with Gasteiger partial charge in [0.25, 0.3) is 0 Å². The average molecular weight is 418 g/mol. The Morgan fingerprint density at radius 2 is 1.03 bits per heavy atom. The lowest BCUT2D eigenvalue weighted by atomic mass is 10.0. The number of methoxy groups -OCH3 is 2. The van der Waals surface area contributed by atoms with Crippen LogP contribution >= 0.6 is 0 Å². The van der Waals surface area contributed by atoms with Crippen molar-refractivity contribution in [3.8, 4) is 11.5 Å². The monoisotopic (exact) mass is 418 g/mol. The minimum absolute atomic E-state index is 0.0575. The normalized spacial score (nSPS) is 31.9. The molecule has 2 saturated heterocycles. The van der Waals surface area contributed by atoms with Crippen molar-refractivity contribution in [1.82, 2.24) is 0 Å². The Hall–Kier alpha value is -2.20. The third-order valence-electron chi connectivity index (χ3n) is 5.26. The summed E-state index contributed by atoms with van der Waals surface area (Å²) in [5, 5.41) is 21.0. The lowest BCUT2D eigenvalue weighted by Crippen LogP contribution is -2.55. The molecule has 0 aromatic heterocycles. The highest BCUT2D eigenvalue weighted by Gasteiger charge is 2.44. The molecular formula is C22H26O8. The highest BCUT2D eigenvalue weighted by Crippen LogP contribution is 2.35. The van der Waals surface area contributed by atoms with Gasteiger partial charge >= 0.3 is 0 Å². The van der Waals surface area contributed by atoms with E-state index in [-0.39, 0.29) is 13.2 Å². The van der Waals surface area contributed by atoms with Gasteiger partial charge in [-0.05, 0) is 24.3 Å². The predicted molar refractivity (Wildman–Crippen MR) is 105 cm³/mol. The van der Waals surface area contributed by atoms with E-state index in [0.717, 1.165) is 22.6 Å². The maximum Gasteiger partial charge on any atom is 0.184 e. The second-order valence-electron chi connectivity index (χ2n) is 7.21. The van der Waals surface area contributed by atoms with Crippen LogP contribution in [0.1, 0.15) is 23.7 Å². The summed E-state index contributed by atoms with van der Waals surface area (Å²) in [7, 11) is 3.19. The van der Waals surface area contributed by atoms with Gasteiger partial charge in [0.15, 0.2) is 12.6 Å². The minimum atomic E-state index is -0.950. The van der Waals surface area contributed by atoms with E-state index in [0.29, 0.717) is 0 Å². The van der Waals surface area contributed by atoms with Crippen LogP contribution in [0.25, 0.3) is 0 Å². The standard InChI is InChI=1S/C22H26O8/c1-25-15-7-3-13(4-8-15)21-27-11-17(23)19(29-21)20-18(24)12-28-22(30-20)14-5-9-16(26-2)10-6-14/h3-10,17-24H,11-12H2,1-2H3/t17-,18-,19?,20?,21?,22?/m1/s1. The molecule has 0 spiro atoms. The second kappa shape index (κ2) is 9.30. The molecule has 162 valence electrons. The molecule has 0 radical (unpaired) electrons. The zero-order chi connectivity index (χ0) is 21.1. The molecule has 0 bridgehead atoms. The summed E-state index contributed by atoms with van der Waals surface area (Å²) < 4.78 is 33.7. The van der Waals surface area contributed by atoms with Crippen LogP contribution in [-0.4, -0.2) is 62.1 Å². The first-order chi connectivity index (χ1) is 14.6. The second-order valence-corrected chi connectivity index (χ2v) is 7.21. The third kappa shape index (κ3) is 4.44. The lowest BCUT2D eigenvalue weighted by Gasteiger charge is -2.43. The van der Waals surface area contributed by atoms with Crippen LogP contribution in [0.15, 0.2) is 48.5 Å². The molecule has 2 aliphatic heterocycles. The number of aliphatic hydroxyl groups excluding tert-OH is 2. The van der Waals surface area contributed by atoms with Crippen LogP contribution in [0.5, 0.6) is 11.5 Å². The fourth-order valence-electron chi connectivity index (χ4n) is 3.57. The Kier molecular flexibility index (Phi) is 6.52. The van der Waals surface area contributed by atoms with Crippen molar-refractivity contribution in [1.29, 1.82) is 0 Å². The van der Waals surface area contributed by atoms with Gasteiger partial charge < -0.3 is 38.6 Å². The number of hydrogen-bond donors (Lipinski definition) is 2. The van der Waals surface area contributed by atoms with Gasteiger partial charge in [0.2, 0.25) is 0 Å². The maximum atomic E-state index is 10.5. The number of ether oxygens (including phenoxy) is 6. The molecule has 8 nitrogen and oxygen atoms in total. The molecule has 30 heavy (non-hydrogen) atoms. The van der Waals surface area contributed by atoms with E-state index in [2.05, 4.69) is 0 Å². The summed E-state index contributed by atoms with van der Waals surface area (Å²) >= 11 is 0. The first-order valence-corrected chi connectivity index (χ1v) is 9.77. The van der Waals surface area contributed by atoms with E-state index in [1.165, 1.54) is 0 Å². The Morgan fingerprint density at radius 1 is 0.667 bits per heavy atom. The summed E-state index contributed by atoms with van der Waals surface area (Å²) in [6.45, 7) is 0.115. The SMILES string of the molecule is COc1ccc(C2OC[C@@H](O)C(C3OC(c4ccc(OC)cc4)OC[C@H]3O)O2)cc1. The zero-order valence-corrected chi connectivity index (χ0v) is 16.8. The molecular weight excluding hydrogens is 392 g/mol. The molecule has 6 atom stereocenters. The van der Waals surface area contributed by atoms with Crippen molar-refractivity contribution in [2.75, 3.05) is 27.4 Å². The van der Waals surface area contributed by atoms with Crippen LogP contribution in [0, 0.1) is 0 Å². The van der Waals surface area contributed by atoms with Crippen molar-refractivity contribution in [3.63, 3.8) is 0 Å². The number of benzene rings is 2. The van der Waals surface area contributed by atoms with Crippen LogP contribution < -0.4 is 9.47 Å². The molecule has 0 aliphatic carbocycles. The molecule has 4 unspecified atom stereocenters. The highest BCUT2D eigenvalue weighted by atomic mass is 16.7. The van der Waals surface area contributed by atoms with Crippen LogP contribution in [0.3, 0.4) is 0 Å². The molecule has 0 amide bonds. The largest absolute Gasteiger partial charge is 0.497 e. The number of rotatable bonds is 5. The van der Waals surface area contributed by atoms with E-state index in [4.69, 9.17) is 28.4 Å². The van der Waals surface area contributed by atoms with Crippen molar-refractivity contribution >= 4 is 0 Å². The number of aliphatic hydroxyl groups is 2. The van der Waals surface area contributed by atoms with Gasteiger partial charge in [-0.25, -0.2) is 0 Å². The molecule has 2 aliphatic rings. The summed E-state index contributed by atoms with van der Waals surface area (Å²) in [6, 6.07) is 14.6. The molecule has 0 saturated carbocycles. The molecule has 2 N–H and O–H groups in total. The van der Waals surface area contributed by atoms with Crippen LogP contribution in [-0.2, 0) is 18.9 Å². The van der Waals surface area contributed by atoms with Crippen molar-refractivity contribution in [2.24, 2.45) is 0 Å². The fraction of sp³-hybridized carbons (Fsp3) is 0.455. The van der Waals surface area contributed by atoms with Crippen molar-refractivity contribution in [2.45, 2.75) is 37.0 Å². The van der Waals surface area contributed by atoms with Gasteiger partial charge in [-0.3, -0.25) is 0 Å². The Balaban J connectivity index is 1.49. The minimum Gasteiger partial charge on any atom is -0.497 e. The highest BCUT2D eigenvalue weighted by molar-refractivity contribution is 5.29. The smallest absolute Gasteiger partial charge is 0.184 e. The van der Waals surface area contributed by atoms with Crippen molar-refractivity contribution < 1.29 is 38.6 Å². The predicted octanol–water partition coefficient (Wildman–Crippen LogP) is 1.95. The summed E-state index contributed by atoms with van der Waals surface area (Å²) in [5.74, 6) is 1.44. The topological polar surface area (TPSA) is 95.8 Å². The van der Waals surface area contributed by atoms with E-state index < -0.39 is 37.0 Å². The van der Waals surface area contributed by atoms with E-state index in [1.807, 2.05) is 48.5 Å². The molecule has 2 fully saturated rings. The third-order valence-corrected chi connectivity index (χ3v) is 5.26. The molecule has 4 rings (SSSR count). The fourth-order valence-corrected chi connectivity index (χ4v) is 3.57. The maximum absolute atomic E-state index is 10.5. The van der Waals surface area contributed by atoms with Gasteiger partial charge in [0.1, 0.15) is 35.9 Å². The van der Waals surface area contributed by atoms with Gasteiger partial charge in [0, 0.05) is 11.1 Å². The Labute approximate surface area is 174 Å². The first kappa shape index (κ1) is 21.0. The molecule has 2 aromatic rings. The molecule has 8 heteroatoms. The number of hydrogen-bond acceptors (Lipinski definition) is 8. The van der Waals surface area contributed by atoms with E-state index >= 15 is 0 Å². The average Bonchev–Trinajstić information content (AvgIpc) is 2.80.